The standard InChI is InChI=1S/C21H24O2/c22-21(19-15-5-1-2-6-16-19)23-20(17-11-7-3-8-12-17)18-13-9-4-10-14-18/h3-4,7-14,19-20H,1-2,5-6,15-16H2. The zero-order chi connectivity index (χ0) is 15.9. The first-order valence-corrected chi connectivity index (χ1v) is 8.65. The summed E-state index contributed by atoms with van der Waals surface area (Å²) < 4.78 is 5.98. The molecule has 23 heavy (non-hydrogen) atoms. The summed E-state index contributed by atoms with van der Waals surface area (Å²) in [5.41, 5.74) is 2.06. The average molecular weight is 308 g/mol. The summed E-state index contributed by atoms with van der Waals surface area (Å²) in [6, 6.07) is 20.0. The van der Waals surface area contributed by atoms with Crippen LogP contribution in [-0.4, -0.2) is 5.97 Å². The molecule has 2 aromatic carbocycles. The van der Waals surface area contributed by atoms with E-state index in [-0.39, 0.29) is 18.0 Å². The summed E-state index contributed by atoms with van der Waals surface area (Å²) in [5.74, 6) is 0.0250. The maximum Gasteiger partial charge on any atom is 0.309 e. The summed E-state index contributed by atoms with van der Waals surface area (Å²) in [5, 5.41) is 0. The van der Waals surface area contributed by atoms with E-state index in [1.165, 1.54) is 12.8 Å². The molecular weight excluding hydrogens is 284 g/mol. The maximum atomic E-state index is 12.7. The summed E-state index contributed by atoms with van der Waals surface area (Å²) in [7, 11) is 0. The van der Waals surface area contributed by atoms with Gasteiger partial charge in [-0.2, -0.15) is 0 Å². The number of esters is 1. The van der Waals surface area contributed by atoms with E-state index in [9.17, 15) is 4.79 Å². The lowest BCUT2D eigenvalue weighted by molar-refractivity contribution is -0.153. The van der Waals surface area contributed by atoms with Gasteiger partial charge in [0.15, 0.2) is 6.10 Å². The minimum absolute atomic E-state index is 0.0374. The Labute approximate surface area is 138 Å². The zero-order valence-electron chi connectivity index (χ0n) is 13.5. The van der Waals surface area contributed by atoms with Gasteiger partial charge in [0.25, 0.3) is 0 Å². The first-order chi connectivity index (χ1) is 11.3. The smallest absolute Gasteiger partial charge is 0.309 e. The van der Waals surface area contributed by atoms with Crippen LogP contribution in [0.15, 0.2) is 60.7 Å². The second kappa shape index (κ2) is 7.96. The van der Waals surface area contributed by atoms with Crippen molar-refractivity contribution < 1.29 is 9.53 Å². The van der Waals surface area contributed by atoms with E-state index in [2.05, 4.69) is 0 Å². The molecule has 120 valence electrons. The van der Waals surface area contributed by atoms with Crippen molar-refractivity contribution in [2.24, 2.45) is 5.92 Å². The number of benzene rings is 2. The molecule has 2 aromatic rings. The SMILES string of the molecule is O=C(OC(c1ccccc1)c1ccccc1)C1CCCCCC1. The molecule has 1 saturated carbocycles. The Morgan fingerprint density at radius 1 is 0.783 bits per heavy atom. The first-order valence-electron chi connectivity index (χ1n) is 8.65. The summed E-state index contributed by atoms with van der Waals surface area (Å²) in [4.78, 5) is 12.7. The third-order valence-electron chi connectivity index (χ3n) is 4.63. The molecule has 1 aliphatic carbocycles. The second-order valence-electron chi connectivity index (χ2n) is 6.33. The van der Waals surface area contributed by atoms with Crippen molar-refractivity contribution in [1.29, 1.82) is 0 Å². The lowest BCUT2D eigenvalue weighted by Gasteiger charge is -2.22. The highest BCUT2D eigenvalue weighted by Crippen LogP contribution is 2.30. The van der Waals surface area contributed by atoms with Crippen LogP contribution in [0, 0.1) is 5.92 Å². The molecule has 0 spiro atoms. The molecule has 0 radical (unpaired) electrons. The van der Waals surface area contributed by atoms with E-state index in [4.69, 9.17) is 4.74 Å². The Hall–Kier alpha value is -2.09. The molecule has 0 bridgehead atoms. The predicted octanol–water partition coefficient (Wildman–Crippen LogP) is 5.29. The third-order valence-corrected chi connectivity index (χ3v) is 4.63. The van der Waals surface area contributed by atoms with Crippen LogP contribution >= 0.6 is 0 Å². The Balaban J connectivity index is 1.80. The lowest BCUT2D eigenvalue weighted by atomic mass is 9.99. The Morgan fingerprint density at radius 3 is 1.74 bits per heavy atom. The van der Waals surface area contributed by atoms with Crippen LogP contribution < -0.4 is 0 Å². The van der Waals surface area contributed by atoms with Gasteiger partial charge in [0.05, 0.1) is 5.92 Å². The van der Waals surface area contributed by atoms with E-state index in [0.29, 0.717) is 0 Å². The minimum atomic E-state index is -0.312. The molecule has 1 aliphatic rings. The van der Waals surface area contributed by atoms with Gasteiger partial charge < -0.3 is 4.74 Å². The third kappa shape index (κ3) is 4.22. The molecule has 0 saturated heterocycles. The molecule has 0 aromatic heterocycles. The fourth-order valence-electron chi connectivity index (χ4n) is 3.31. The maximum absolute atomic E-state index is 12.7. The van der Waals surface area contributed by atoms with E-state index in [0.717, 1.165) is 36.8 Å². The van der Waals surface area contributed by atoms with Crippen molar-refractivity contribution in [3.63, 3.8) is 0 Å². The highest BCUT2D eigenvalue weighted by Gasteiger charge is 2.26. The number of rotatable bonds is 4. The van der Waals surface area contributed by atoms with E-state index >= 15 is 0 Å². The molecular formula is C21H24O2. The zero-order valence-corrected chi connectivity index (χ0v) is 13.5. The van der Waals surface area contributed by atoms with Crippen LogP contribution in [0.1, 0.15) is 55.8 Å². The fourth-order valence-corrected chi connectivity index (χ4v) is 3.31. The highest BCUT2D eigenvalue weighted by atomic mass is 16.5. The van der Waals surface area contributed by atoms with Crippen LogP contribution in [0.3, 0.4) is 0 Å². The van der Waals surface area contributed by atoms with Crippen molar-refractivity contribution in [1.82, 2.24) is 0 Å². The summed E-state index contributed by atoms with van der Waals surface area (Å²) in [6.45, 7) is 0. The summed E-state index contributed by atoms with van der Waals surface area (Å²) in [6.07, 6.45) is 6.38. The highest BCUT2D eigenvalue weighted by molar-refractivity contribution is 5.73. The summed E-state index contributed by atoms with van der Waals surface area (Å²) >= 11 is 0. The van der Waals surface area contributed by atoms with Crippen LogP contribution in [0.25, 0.3) is 0 Å². The normalized spacial score (nSPS) is 16.0. The van der Waals surface area contributed by atoms with Crippen molar-refractivity contribution in [3.8, 4) is 0 Å². The van der Waals surface area contributed by atoms with Crippen molar-refractivity contribution in [2.45, 2.75) is 44.6 Å². The van der Waals surface area contributed by atoms with Gasteiger partial charge in [-0.25, -0.2) is 0 Å². The average Bonchev–Trinajstić information content (AvgIpc) is 2.90. The molecule has 3 rings (SSSR count). The van der Waals surface area contributed by atoms with Gasteiger partial charge in [0.2, 0.25) is 0 Å². The molecule has 1 fully saturated rings. The van der Waals surface area contributed by atoms with Crippen LogP contribution in [0.4, 0.5) is 0 Å². The quantitative estimate of drug-likeness (QED) is 0.566. The molecule has 0 N–H and O–H groups in total. The van der Waals surface area contributed by atoms with Crippen molar-refractivity contribution in [2.75, 3.05) is 0 Å². The number of hydrogen-bond acceptors (Lipinski definition) is 2. The topological polar surface area (TPSA) is 26.3 Å². The van der Waals surface area contributed by atoms with Crippen molar-refractivity contribution in [3.05, 3.63) is 71.8 Å². The molecule has 0 heterocycles. The number of ether oxygens (including phenoxy) is 1. The Morgan fingerprint density at radius 2 is 1.26 bits per heavy atom. The van der Waals surface area contributed by atoms with Gasteiger partial charge in [-0.05, 0) is 24.0 Å². The molecule has 2 heteroatoms. The fraction of sp³-hybridized carbons (Fsp3) is 0.381. The van der Waals surface area contributed by atoms with E-state index in [1.807, 2.05) is 60.7 Å². The van der Waals surface area contributed by atoms with Gasteiger partial charge in [-0.3, -0.25) is 4.79 Å². The minimum Gasteiger partial charge on any atom is -0.452 e. The largest absolute Gasteiger partial charge is 0.452 e. The molecule has 0 amide bonds. The van der Waals surface area contributed by atoms with Crippen LogP contribution in [-0.2, 0) is 9.53 Å². The molecule has 0 unspecified atom stereocenters. The van der Waals surface area contributed by atoms with Crippen LogP contribution in [0.5, 0.6) is 0 Å². The van der Waals surface area contributed by atoms with Gasteiger partial charge in [-0.1, -0.05) is 86.3 Å². The number of carbonyl (C=O) groups excluding carboxylic acids is 1. The Kier molecular flexibility index (Phi) is 5.46. The van der Waals surface area contributed by atoms with E-state index < -0.39 is 0 Å². The number of hydrogen-bond donors (Lipinski definition) is 0. The van der Waals surface area contributed by atoms with Gasteiger partial charge in [0, 0.05) is 0 Å². The predicted molar refractivity (Wildman–Crippen MR) is 92.0 cm³/mol. The number of carbonyl (C=O) groups is 1. The Bertz CT molecular complexity index is 559. The van der Waals surface area contributed by atoms with Crippen molar-refractivity contribution >= 4 is 5.97 Å². The van der Waals surface area contributed by atoms with Gasteiger partial charge in [-0.15, -0.1) is 0 Å². The molecule has 2 nitrogen and oxygen atoms in total. The lowest BCUT2D eigenvalue weighted by Crippen LogP contribution is -2.20. The van der Waals surface area contributed by atoms with E-state index in [1.54, 1.807) is 0 Å². The molecule has 0 aliphatic heterocycles. The van der Waals surface area contributed by atoms with Crippen LogP contribution in [0.2, 0.25) is 0 Å². The van der Waals surface area contributed by atoms with Gasteiger partial charge >= 0.3 is 5.97 Å². The first kappa shape index (κ1) is 15.8. The van der Waals surface area contributed by atoms with Gasteiger partial charge in [0.1, 0.15) is 0 Å². The molecule has 0 atom stereocenters. The monoisotopic (exact) mass is 308 g/mol. The second-order valence-corrected chi connectivity index (χ2v) is 6.33.